The summed E-state index contributed by atoms with van der Waals surface area (Å²) in [5, 5.41) is 2.89. The van der Waals surface area contributed by atoms with E-state index < -0.39 is 0 Å². The Hall–Kier alpha value is -2.70. The lowest BCUT2D eigenvalue weighted by atomic mass is 10.1. The topological polar surface area (TPSA) is 80.1 Å². The van der Waals surface area contributed by atoms with E-state index in [-0.39, 0.29) is 23.6 Å². The molecule has 1 N–H and O–H groups in total. The van der Waals surface area contributed by atoms with Crippen molar-refractivity contribution in [3.63, 3.8) is 0 Å². The van der Waals surface area contributed by atoms with Gasteiger partial charge in [-0.05, 0) is 25.0 Å². The quantitative estimate of drug-likeness (QED) is 0.894. The Morgan fingerprint density at radius 1 is 1.36 bits per heavy atom. The highest BCUT2D eigenvalue weighted by Crippen LogP contribution is 2.19. The summed E-state index contributed by atoms with van der Waals surface area (Å²) in [5.41, 5.74) is 1.75. The predicted molar refractivity (Wildman–Crippen MR) is 93.2 cm³/mol. The molecule has 0 aliphatic carbocycles. The lowest BCUT2D eigenvalue weighted by molar-refractivity contribution is 0.0553. The summed E-state index contributed by atoms with van der Waals surface area (Å²) in [6.45, 7) is 7.69. The van der Waals surface area contributed by atoms with E-state index in [1.54, 1.807) is 6.20 Å². The van der Waals surface area contributed by atoms with E-state index in [1.807, 2.05) is 34.7 Å². The highest BCUT2D eigenvalue weighted by Gasteiger charge is 2.32. The van der Waals surface area contributed by atoms with Crippen molar-refractivity contribution in [3.8, 4) is 0 Å². The first kappa shape index (κ1) is 17.1. The fraction of sp³-hybridized carbons (Fsp3) is 0.444. The number of aromatic nitrogens is 3. The van der Waals surface area contributed by atoms with Crippen LogP contribution >= 0.6 is 0 Å². The van der Waals surface area contributed by atoms with Gasteiger partial charge in [-0.1, -0.05) is 13.8 Å². The molecule has 0 radical (unpaired) electrons. The van der Waals surface area contributed by atoms with E-state index in [1.165, 1.54) is 6.20 Å². The first-order valence-electron chi connectivity index (χ1n) is 8.48. The number of hydrogen-bond acceptors (Lipinski definition) is 4. The molecule has 1 atom stereocenters. The van der Waals surface area contributed by atoms with Crippen molar-refractivity contribution < 1.29 is 9.59 Å². The Morgan fingerprint density at radius 2 is 2.16 bits per heavy atom. The number of carbonyl (C=O) groups excluding carboxylic acids is 2. The summed E-state index contributed by atoms with van der Waals surface area (Å²) in [4.78, 5) is 35.1. The van der Waals surface area contributed by atoms with E-state index in [4.69, 9.17) is 0 Å². The van der Waals surface area contributed by atoms with Crippen LogP contribution in [-0.2, 0) is 6.54 Å². The Kier molecular flexibility index (Phi) is 4.83. The molecule has 132 valence electrons. The zero-order chi connectivity index (χ0) is 18.0. The summed E-state index contributed by atoms with van der Waals surface area (Å²) in [7, 11) is 0. The molecule has 1 aliphatic rings. The maximum absolute atomic E-state index is 12.7. The van der Waals surface area contributed by atoms with Crippen LogP contribution in [0.3, 0.4) is 0 Å². The van der Waals surface area contributed by atoms with Crippen LogP contribution in [0.5, 0.6) is 0 Å². The third-order valence-electron chi connectivity index (χ3n) is 4.23. The van der Waals surface area contributed by atoms with Gasteiger partial charge in [0.05, 0.1) is 17.9 Å². The van der Waals surface area contributed by atoms with Crippen molar-refractivity contribution in [1.82, 2.24) is 24.8 Å². The fourth-order valence-corrected chi connectivity index (χ4v) is 3.02. The Balaban J connectivity index is 1.72. The molecule has 0 spiro atoms. The molecule has 1 unspecified atom stereocenters. The second-order valence-electron chi connectivity index (χ2n) is 6.80. The molecular weight excluding hydrogens is 318 g/mol. The van der Waals surface area contributed by atoms with Crippen LogP contribution in [0, 0.1) is 12.8 Å². The summed E-state index contributed by atoms with van der Waals surface area (Å²) >= 11 is 0. The molecule has 1 aliphatic heterocycles. The molecule has 2 aromatic heterocycles. The summed E-state index contributed by atoms with van der Waals surface area (Å²) in [6.07, 6.45) is 4.93. The molecule has 0 saturated carbocycles. The van der Waals surface area contributed by atoms with Gasteiger partial charge in [-0.15, -0.1) is 0 Å². The summed E-state index contributed by atoms with van der Waals surface area (Å²) in [6, 6.07) is 3.63. The lowest BCUT2D eigenvalue weighted by Crippen LogP contribution is -2.53. The average Bonchev–Trinajstić information content (AvgIpc) is 3.04. The standard InChI is InChI=1S/C18H23N5O2/c1-12(2)10-23-14(11-22-6-4-5-16(22)18(23)25)8-21-17(24)15-9-19-13(3)7-20-15/h4-7,9,12,14H,8,10-11H2,1-3H3,(H,21,24). The van der Waals surface area contributed by atoms with Crippen LogP contribution in [-0.4, -0.2) is 50.4 Å². The number of fused-ring (bicyclic) bond motifs is 1. The first-order valence-corrected chi connectivity index (χ1v) is 8.48. The molecule has 2 amide bonds. The van der Waals surface area contributed by atoms with Gasteiger partial charge in [0.2, 0.25) is 0 Å². The van der Waals surface area contributed by atoms with Gasteiger partial charge in [0.25, 0.3) is 11.8 Å². The predicted octanol–water partition coefficient (Wildman–Crippen LogP) is 1.50. The maximum atomic E-state index is 12.7. The maximum Gasteiger partial charge on any atom is 0.271 e. The fourth-order valence-electron chi connectivity index (χ4n) is 3.02. The number of rotatable bonds is 5. The molecule has 2 aromatic rings. The van der Waals surface area contributed by atoms with Crippen molar-refractivity contribution >= 4 is 11.8 Å². The van der Waals surface area contributed by atoms with Crippen molar-refractivity contribution in [2.45, 2.75) is 33.4 Å². The van der Waals surface area contributed by atoms with Gasteiger partial charge in [-0.25, -0.2) is 4.98 Å². The zero-order valence-electron chi connectivity index (χ0n) is 14.8. The van der Waals surface area contributed by atoms with Gasteiger partial charge >= 0.3 is 0 Å². The summed E-state index contributed by atoms with van der Waals surface area (Å²) in [5.74, 6) is 0.0914. The first-order chi connectivity index (χ1) is 12.0. The molecule has 7 heteroatoms. The van der Waals surface area contributed by atoms with Crippen molar-refractivity contribution in [3.05, 3.63) is 47.8 Å². The van der Waals surface area contributed by atoms with Crippen LogP contribution in [0.25, 0.3) is 0 Å². The van der Waals surface area contributed by atoms with Gasteiger partial charge < -0.3 is 14.8 Å². The molecule has 3 rings (SSSR count). The normalized spacial score (nSPS) is 16.9. The lowest BCUT2D eigenvalue weighted by Gasteiger charge is -2.37. The molecule has 0 fully saturated rings. The average molecular weight is 341 g/mol. The minimum atomic E-state index is -0.275. The molecule has 7 nitrogen and oxygen atoms in total. The number of amides is 2. The van der Waals surface area contributed by atoms with E-state index >= 15 is 0 Å². The van der Waals surface area contributed by atoms with Gasteiger partial charge in [0, 0.05) is 32.0 Å². The largest absolute Gasteiger partial charge is 0.349 e. The molecular formula is C18H23N5O2. The minimum absolute atomic E-state index is 0.0133. The summed E-state index contributed by atoms with van der Waals surface area (Å²) < 4.78 is 1.95. The highest BCUT2D eigenvalue weighted by atomic mass is 16.2. The number of hydrogen-bond donors (Lipinski definition) is 1. The number of carbonyl (C=O) groups is 2. The van der Waals surface area contributed by atoms with Crippen molar-refractivity contribution in [2.24, 2.45) is 5.92 Å². The molecule has 0 bridgehead atoms. The van der Waals surface area contributed by atoms with Crippen LogP contribution < -0.4 is 5.32 Å². The van der Waals surface area contributed by atoms with Crippen LogP contribution in [0.15, 0.2) is 30.7 Å². The van der Waals surface area contributed by atoms with E-state index in [0.29, 0.717) is 31.2 Å². The number of aryl methyl sites for hydroxylation is 1. The highest BCUT2D eigenvalue weighted by molar-refractivity contribution is 5.94. The Morgan fingerprint density at radius 3 is 2.84 bits per heavy atom. The van der Waals surface area contributed by atoms with E-state index in [0.717, 1.165) is 5.69 Å². The monoisotopic (exact) mass is 341 g/mol. The molecule has 25 heavy (non-hydrogen) atoms. The van der Waals surface area contributed by atoms with Gasteiger partial charge in [-0.2, -0.15) is 0 Å². The van der Waals surface area contributed by atoms with Gasteiger partial charge in [0.15, 0.2) is 0 Å². The van der Waals surface area contributed by atoms with Crippen molar-refractivity contribution in [1.29, 1.82) is 0 Å². The molecule has 0 aromatic carbocycles. The Labute approximate surface area is 147 Å². The second kappa shape index (κ2) is 7.04. The molecule has 0 saturated heterocycles. The third kappa shape index (κ3) is 3.70. The number of nitrogens with zero attached hydrogens (tertiary/aromatic N) is 4. The second-order valence-corrected chi connectivity index (χ2v) is 6.80. The van der Waals surface area contributed by atoms with Crippen LogP contribution in [0.2, 0.25) is 0 Å². The van der Waals surface area contributed by atoms with E-state index in [2.05, 4.69) is 29.1 Å². The van der Waals surface area contributed by atoms with Crippen LogP contribution in [0.1, 0.15) is 40.5 Å². The van der Waals surface area contributed by atoms with Crippen LogP contribution in [0.4, 0.5) is 0 Å². The Bertz CT molecular complexity index is 766. The van der Waals surface area contributed by atoms with Gasteiger partial charge in [0.1, 0.15) is 11.4 Å². The number of nitrogens with one attached hydrogen (secondary N) is 1. The van der Waals surface area contributed by atoms with E-state index in [9.17, 15) is 9.59 Å². The zero-order valence-corrected chi connectivity index (χ0v) is 14.8. The van der Waals surface area contributed by atoms with Crippen molar-refractivity contribution in [2.75, 3.05) is 13.1 Å². The third-order valence-corrected chi connectivity index (χ3v) is 4.23. The minimum Gasteiger partial charge on any atom is -0.349 e. The molecule has 3 heterocycles. The SMILES string of the molecule is Cc1cnc(C(=O)NCC2Cn3cccc3C(=O)N2CC(C)C)cn1. The van der Waals surface area contributed by atoms with Gasteiger partial charge in [-0.3, -0.25) is 14.6 Å². The smallest absolute Gasteiger partial charge is 0.271 e.